The zero-order valence-corrected chi connectivity index (χ0v) is 22.2. The first kappa shape index (κ1) is 26.6. The third kappa shape index (κ3) is 5.71. The molecule has 2 aromatic carbocycles. The maximum Gasteiger partial charge on any atom is 0.411 e. The molecule has 0 unspecified atom stereocenters. The predicted molar refractivity (Wildman–Crippen MR) is 143 cm³/mol. The van der Waals surface area contributed by atoms with Crippen molar-refractivity contribution in [1.82, 2.24) is 24.9 Å². The molecule has 0 atom stereocenters. The number of nitrogens with zero attached hydrogens (tertiary/aromatic N) is 5. The molecule has 5 rings (SSSR count). The molecular formula is C26H21FN6O6S. The predicted octanol–water partition coefficient (Wildman–Crippen LogP) is 4.57. The second-order valence-corrected chi connectivity index (χ2v) is 9.29. The summed E-state index contributed by atoms with van der Waals surface area (Å²) in [5, 5.41) is 3.07. The summed E-state index contributed by atoms with van der Waals surface area (Å²) >= 11 is 1.36. The number of fused-ring (bicyclic) bond motifs is 2. The van der Waals surface area contributed by atoms with Gasteiger partial charge in [-0.05, 0) is 24.6 Å². The standard InChI is InChI=1S/C26H21FN6O6S/c1-13-6-15(22-18(7-13)32-21(36-2)12-28-22)24-33-17-8-16(27)19(9-20(17)40-24)38-4-5-39-26(35)31-14-10-29-23(30-11-14)25(34)37-3/h6-12H,4-5H2,1-3H3,(H,31,35). The fraction of sp³-hybridized carbons (Fsp3) is 0.192. The molecule has 0 aliphatic rings. The van der Waals surface area contributed by atoms with Gasteiger partial charge in [-0.1, -0.05) is 0 Å². The van der Waals surface area contributed by atoms with Gasteiger partial charge in [-0.2, -0.15) is 0 Å². The lowest BCUT2D eigenvalue weighted by Gasteiger charge is -2.09. The lowest BCUT2D eigenvalue weighted by Crippen LogP contribution is -2.18. The van der Waals surface area contributed by atoms with Gasteiger partial charge in [0.15, 0.2) is 11.6 Å². The number of benzene rings is 2. The van der Waals surface area contributed by atoms with E-state index in [-0.39, 0.29) is 30.5 Å². The molecule has 3 heterocycles. The van der Waals surface area contributed by atoms with E-state index in [1.54, 1.807) is 6.07 Å². The minimum atomic E-state index is -0.799. The third-order valence-electron chi connectivity index (χ3n) is 5.49. The average Bonchev–Trinajstić information content (AvgIpc) is 3.36. The number of nitrogens with one attached hydrogen (secondary N) is 1. The van der Waals surface area contributed by atoms with Crippen LogP contribution in [0.1, 0.15) is 16.2 Å². The van der Waals surface area contributed by atoms with Gasteiger partial charge in [0.05, 0.1) is 59.7 Å². The molecule has 0 spiro atoms. The number of carbonyl (C=O) groups excluding carboxylic acids is 2. The average molecular weight is 565 g/mol. The van der Waals surface area contributed by atoms with Gasteiger partial charge in [-0.25, -0.2) is 38.9 Å². The molecular weight excluding hydrogens is 543 g/mol. The number of hydrogen-bond acceptors (Lipinski definition) is 12. The van der Waals surface area contributed by atoms with Gasteiger partial charge in [-0.3, -0.25) is 5.32 Å². The first-order valence-electron chi connectivity index (χ1n) is 11.7. The van der Waals surface area contributed by atoms with E-state index >= 15 is 0 Å². The Bertz CT molecular complexity index is 1730. The molecule has 12 nitrogen and oxygen atoms in total. The lowest BCUT2D eigenvalue weighted by atomic mass is 10.1. The zero-order chi connectivity index (χ0) is 28.2. The smallest absolute Gasteiger partial charge is 0.411 e. The fourth-order valence-electron chi connectivity index (χ4n) is 3.69. The molecule has 0 aliphatic carbocycles. The number of anilines is 1. The van der Waals surface area contributed by atoms with Crippen molar-refractivity contribution < 1.29 is 32.9 Å². The normalized spacial score (nSPS) is 10.9. The van der Waals surface area contributed by atoms with Crippen LogP contribution in [0.4, 0.5) is 14.9 Å². The maximum atomic E-state index is 14.8. The summed E-state index contributed by atoms with van der Waals surface area (Å²) in [7, 11) is 2.73. The lowest BCUT2D eigenvalue weighted by molar-refractivity contribution is 0.0586. The molecule has 0 bridgehead atoms. The number of rotatable bonds is 8. The second-order valence-electron chi connectivity index (χ2n) is 8.26. The highest BCUT2D eigenvalue weighted by atomic mass is 32.1. The highest BCUT2D eigenvalue weighted by Gasteiger charge is 2.16. The van der Waals surface area contributed by atoms with Gasteiger partial charge in [0, 0.05) is 17.7 Å². The van der Waals surface area contributed by atoms with Crippen LogP contribution < -0.4 is 14.8 Å². The molecule has 3 aromatic heterocycles. The number of esters is 1. The quantitative estimate of drug-likeness (QED) is 0.209. The Kier molecular flexibility index (Phi) is 7.59. The van der Waals surface area contributed by atoms with Gasteiger partial charge in [-0.15, -0.1) is 11.3 Å². The summed E-state index contributed by atoms with van der Waals surface area (Å²) in [5.74, 6) is -1.05. The van der Waals surface area contributed by atoms with Crippen LogP contribution in [0.25, 0.3) is 31.8 Å². The summed E-state index contributed by atoms with van der Waals surface area (Å²) in [6, 6.07) is 6.71. The van der Waals surface area contributed by atoms with E-state index in [9.17, 15) is 14.0 Å². The largest absolute Gasteiger partial charge is 0.487 e. The topological polar surface area (TPSA) is 148 Å². The van der Waals surface area contributed by atoms with Crippen molar-refractivity contribution in [3.63, 3.8) is 0 Å². The molecule has 40 heavy (non-hydrogen) atoms. The number of aryl methyl sites for hydroxylation is 1. The molecule has 0 radical (unpaired) electrons. The van der Waals surface area contributed by atoms with Crippen molar-refractivity contribution in [1.29, 1.82) is 0 Å². The number of methoxy groups -OCH3 is 2. The Labute approximate surface area is 230 Å². The van der Waals surface area contributed by atoms with Crippen LogP contribution in [0, 0.1) is 12.7 Å². The van der Waals surface area contributed by atoms with Crippen LogP contribution in [0.3, 0.4) is 0 Å². The van der Waals surface area contributed by atoms with Gasteiger partial charge >= 0.3 is 12.1 Å². The van der Waals surface area contributed by atoms with Crippen molar-refractivity contribution in [2.75, 3.05) is 32.8 Å². The molecule has 0 aliphatic heterocycles. The van der Waals surface area contributed by atoms with Gasteiger partial charge in [0.1, 0.15) is 18.2 Å². The van der Waals surface area contributed by atoms with Crippen LogP contribution in [0.15, 0.2) is 42.9 Å². The molecule has 0 saturated heterocycles. The minimum Gasteiger partial charge on any atom is -0.487 e. The summed E-state index contributed by atoms with van der Waals surface area (Å²) in [6.07, 6.45) is 3.20. The Morgan fingerprint density at radius 3 is 2.52 bits per heavy atom. The highest BCUT2D eigenvalue weighted by Crippen LogP contribution is 2.37. The van der Waals surface area contributed by atoms with Crippen molar-refractivity contribution >= 4 is 50.3 Å². The van der Waals surface area contributed by atoms with Gasteiger partial charge < -0.3 is 18.9 Å². The molecule has 5 aromatic rings. The van der Waals surface area contributed by atoms with E-state index in [4.69, 9.17) is 14.2 Å². The van der Waals surface area contributed by atoms with Crippen LogP contribution in [-0.4, -0.2) is 64.4 Å². The van der Waals surface area contributed by atoms with Crippen molar-refractivity contribution in [3.8, 4) is 22.2 Å². The van der Waals surface area contributed by atoms with E-state index in [0.717, 1.165) is 11.1 Å². The van der Waals surface area contributed by atoms with E-state index in [1.165, 1.54) is 50.2 Å². The number of aromatic nitrogens is 5. The summed E-state index contributed by atoms with van der Waals surface area (Å²) in [4.78, 5) is 44.5. The molecule has 0 saturated carbocycles. The van der Waals surface area contributed by atoms with Crippen molar-refractivity contribution in [2.24, 2.45) is 0 Å². The summed E-state index contributed by atoms with van der Waals surface area (Å²) in [6.45, 7) is 1.69. The van der Waals surface area contributed by atoms with Crippen LogP contribution in [0.5, 0.6) is 11.6 Å². The molecule has 14 heteroatoms. The van der Waals surface area contributed by atoms with Crippen molar-refractivity contribution in [2.45, 2.75) is 6.92 Å². The number of hydrogen-bond donors (Lipinski definition) is 1. The Balaban J connectivity index is 1.24. The second kappa shape index (κ2) is 11.4. The van der Waals surface area contributed by atoms with Crippen LogP contribution >= 0.6 is 11.3 Å². The Morgan fingerprint density at radius 1 is 0.975 bits per heavy atom. The number of ether oxygens (including phenoxy) is 4. The van der Waals surface area contributed by atoms with Gasteiger partial charge in [0.25, 0.3) is 0 Å². The SMILES string of the molecule is COC(=O)c1ncc(NC(=O)OCCOc2cc3sc(-c4cc(C)cc5nc(OC)cnc45)nc3cc2F)cn1. The number of halogens is 1. The minimum absolute atomic E-state index is 0.00265. The van der Waals surface area contributed by atoms with E-state index in [2.05, 4.69) is 35.0 Å². The highest BCUT2D eigenvalue weighted by molar-refractivity contribution is 7.21. The molecule has 1 amide bonds. The number of thiazole rings is 1. The molecule has 1 N–H and O–H groups in total. The van der Waals surface area contributed by atoms with Crippen LogP contribution in [0.2, 0.25) is 0 Å². The third-order valence-corrected chi connectivity index (χ3v) is 6.54. The summed E-state index contributed by atoms with van der Waals surface area (Å²) in [5.41, 5.74) is 3.75. The molecule has 204 valence electrons. The Hall–Kier alpha value is -4.98. The number of amides is 1. The first-order chi connectivity index (χ1) is 19.3. The zero-order valence-electron chi connectivity index (χ0n) is 21.4. The summed E-state index contributed by atoms with van der Waals surface area (Å²) < 4.78 is 35.7. The number of carbonyl (C=O) groups is 2. The van der Waals surface area contributed by atoms with Crippen molar-refractivity contribution in [3.05, 3.63) is 60.1 Å². The Morgan fingerprint density at radius 2 is 1.77 bits per heavy atom. The van der Waals surface area contributed by atoms with E-state index < -0.39 is 17.9 Å². The molecule has 0 fully saturated rings. The monoisotopic (exact) mass is 564 g/mol. The van der Waals surface area contributed by atoms with Gasteiger partial charge in [0.2, 0.25) is 11.7 Å². The van der Waals surface area contributed by atoms with E-state index in [1.807, 2.05) is 19.1 Å². The first-order valence-corrected chi connectivity index (χ1v) is 12.5. The maximum absolute atomic E-state index is 14.8. The van der Waals surface area contributed by atoms with Crippen LogP contribution in [-0.2, 0) is 9.47 Å². The fourth-order valence-corrected chi connectivity index (χ4v) is 4.69. The van der Waals surface area contributed by atoms with E-state index in [0.29, 0.717) is 32.1 Å².